The van der Waals surface area contributed by atoms with Crippen LogP contribution < -0.4 is 0 Å². The minimum atomic E-state index is -0.178. The molecular weight excluding hydrogens is 384 g/mol. The minimum absolute atomic E-state index is 0.178. The summed E-state index contributed by atoms with van der Waals surface area (Å²) in [7, 11) is 0. The van der Waals surface area contributed by atoms with Gasteiger partial charge in [0, 0.05) is 17.2 Å². The van der Waals surface area contributed by atoms with Crippen LogP contribution in [0.5, 0.6) is 0 Å². The Kier molecular flexibility index (Phi) is 3.86. The van der Waals surface area contributed by atoms with Crippen LogP contribution in [0.25, 0.3) is 38.4 Å². The lowest BCUT2D eigenvalue weighted by Gasteiger charge is -2.03. The van der Waals surface area contributed by atoms with Crippen LogP contribution >= 0.6 is 0 Å². The first kappa shape index (κ1) is 17.5. The summed E-state index contributed by atoms with van der Waals surface area (Å²) in [5.74, 6) is -0.178. The Labute approximate surface area is 177 Å². The lowest BCUT2D eigenvalue weighted by Crippen LogP contribution is -2.08. The summed E-state index contributed by atoms with van der Waals surface area (Å²) < 4.78 is 1.62. The van der Waals surface area contributed by atoms with Gasteiger partial charge in [0.05, 0.1) is 11.9 Å². The van der Waals surface area contributed by atoms with Crippen LogP contribution in [0.3, 0.4) is 0 Å². The first-order valence-corrected chi connectivity index (χ1v) is 10.0. The lowest BCUT2D eigenvalue weighted by atomic mass is 10.0. The summed E-state index contributed by atoms with van der Waals surface area (Å²) in [6.45, 7) is 0. The summed E-state index contributed by atoms with van der Waals surface area (Å²) >= 11 is 0. The molecule has 5 nitrogen and oxygen atoms in total. The molecule has 0 bridgehead atoms. The average Bonchev–Trinajstić information content (AvgIpc) is 3.26. The van der Waals surface area contributed by atoms with Gasteiger partial charge in [-0.15, -0.1) is 10.2 Å². The van der Waals surface area contributed by atoms with Gasteiger partial charge in [0.15, 0.2) is 11.3 Å². The molecule has 6 aromatic rings. The monoisotopic (exact) mass is 400 g/mol. The number of aromatic nitrogens is 4. The number of nitrogens with zero attached hydrogens (tertiary/aromatic N) is 4. The van der Waals surface area contributed by atoms with E-state index in [4.69, 9.17) is 0 Å². The summed E-state index contributed by atoms with van der Waals surface area (Å²) in [6.07, 6.45) is 1.64. The van der Waals surface area contributed by atoms with Crippen LogP contribution in [-0.4, -0.2) is 25.6 Å². The van der Waals surface area contributed by atoms with Crippen LogP contribution in [0.4, 0.5) is 0 Å². The predicted octanol–water partition coefficient (Wildman–Crippen LogP) is 5.33. The number of carbonyl (C=O) groups excluding carboxylic acids is 1. The SMILES string of the molecule is O=C(c1ccc2ccccc2c1)c1cn2nc(-c3ccc4ccccc4c3)cc2nn1. The van der Waals surface area contributed by atoms with Crippen LogP contribution in [0.1, 0.15) is 16.1 Å². The minimum Gasteiger partial charge on any atom is -0.287 e. The number of carbonyl (C=O) groups is 1. The highest BCUT2D eigenvalue weighted by molar-refractivity contribution is 6.09. The second-order valence-corrected chi connectivity index (χ2v) is 7.50. The lowest BCUT2D eigenvalue weighted by molar-refractivity contribution is 0.103. The van der Waals surface area contributed by atoms with Crippen molar-refractivity contribution in [3.05, 3.63) is 108 Å². The Balaban J connectivity index is 1.38. The molecule has 0 amide bonds. The second-order valence-electron chi connectivity index (χ2n) is 7.50. The van der Waals surface area contributed by atoms with Gasteiger partial charge in [-0.05, 0) is 33.7 Å². The molecule has 0 spiro atoms. The molecule has 0 N–H and O–H groups in total. The Bertz CT molecular complexity index is 1620. The van der Waals surface area contributed by atoms with E-state index < -0.39 is 0 Å². The standard InChI is InChI=1S/C26H16N4O/c31-26(22-12-10-18-6-2-4-8-20(18)14-22)24-16-30-25(28-27-24)15-23(29-30)21-11-9-17-5-1-3-7-19(17)13-21/h1-16H. The van der Waals surface area contributed by atoms with E-state index in [9.17, 15) is 4.79 Å². The molecule has 0 aliphatic rings. The van der Waals surface area contributed by atoms with Crippen molar-refractivity contribution >= 4 is 33.0 Å². The molecular formula is C26H16N4O. The van der Waals surface area contributed by atoms with Gasteiger partial charge in [0.1, 0.15) is 0 Å². The normalized spacial score (nSPS) is 11.4. The molecule has 31 heavy (non-hydrogen) atoms. The van der Waals surface area contributed by atoms with Gasteiger partial charge < -0.3 is 0 Å². The van der Waals surface area contributed by atoms with Crippen molar-refractivity contribution in [3.63, 3.8) is 0 Å². The van der Waals surface area contributed by atoms with Gasteiger partial charge in [0.2, 0.25) is 5.78 Å². The third-order valence-corrected chi connectivity index (χ3v) is 5.51. The molecule has 0 aliphatic carbocycles. The highest BCUT2D eigenvalue weighted by Gasteiger charge is 2.15. The van der Waals surface area contributed by atoms with Crippen molar-refractivity contribution in [1.29, 1.82) is 0 Å². The maximum atomic E-state index is 13.0. The van der Waals surface area contributed by atoms with E-state index in [-0.39, 0.29) is 11.5 Å². The second kappa shape index (κ2) is 6.85. The topological polar surface area (TPSA) is 60.2 Å². The van der Waals surface area contributed by atoms with Gasteiger partial charge in [-0.1, -0.05) is 72.8 Å². The van der Waals surface area contributed by atoms with E-state index in [1.165, 1.54) is 5.39 Å². The van der Waals surface area contributed by atoms with Gasteiger partial charge in [0.25, 0.3) is 0 Å². The molecule has 0 fully saturated rings. The Morgan fingerprint density at radius 1 is 0.677 bits per heavy atom. The van der Waals surface area contributed by atoms with Crippen LogP contribution in [0, 0.1) is 0 Å². The molecule has 146 valence electrons. The molecule has 2 aromatic heterocycles. The molecule has 0 saturated carbocycles. The largest absolute Gasteiger partial charge is 0.287 e. The Morgan fingerprint density at radius 2 is 1.35 bits per heavy atom. The number of fused-ring (bicyclic) bond motifs is 3. The van der Waals surface area contributed by atoms with E-state index in [2.05, 4.69) is 39.6 Å². The van der Waals surface area contributed by atoms with Gasteiger partial charge in [-0.25, -0.2) is 4.52 Å². The van der Waals surface area contributed by atoms with E-state index in [0.717, 1.165) is 27.4 Å². The highest BCUT2D eigenvalue weighted by atomic mass is 16.1. The fraction of sp³-hybridized carbons (Fsp3) is 0. The number of ketones is 1. The third-order valence-electron chi connectivity index (χ3n) is 5.51. The molecule has 0 unspecified atom stereocenters. The van der Waals surface area contributed by atoms with Gasteiger partial charge in [-0.3, -0.25) is 4.79 Å². The van der Waals surface area contributed by atoms with E-state index in [0.29, 0.717) is 11.2 Å². The van der Waals surface area contributed by atoms with Crippen molar-refractivity contribution in [2.45, 2.75) is 0 Å². The molecule has 6 rings (SSSR count). The summed E-state index contributed by atoms with van der Waals surface area (Å²) in [6, 6.07) is 29.9. The predicted molar refractivity (Wildman–Crippen MR) is 121 cm³/mol. The maximum absolute atomic E-state index is 13.0. The van der Waals surface area contributed by atoms with Crippen molar-refractivity contribution in [2.24, 2.45) is 0 Å². The Morgan fingerprint density at radius 3 is 2.13 bits per heavy atom. The number of rotatable bonds is 3. The van der Waals surface area contributed by atoms with E-state index in [1.807, 2.05) is 66.7 Å². The third kappa shape index (κ3) is 3.04. The summed E-state index contributed by atoms with van der Waals surface area (Å²) in [4.78, 5) is 13.0. The number of hydrogen-bond donors (Lipinski definition) is 0. The van der Waals surface area contributed by atoms with Crippen molar-refractivity contribution in [1.82, 2.24) is 19.8 Å². The van der Waals surface area contributed by atoms with E-state index in [1.54, 1.807) is 10.7 Å². The Hall–Kier alpha value is -4.38. The summed E-state index contributed by atoms with van der Waals surface area (Å²) in [5, 5.41) is 17.5. The first-order chi connectivity index (χ1) is 15.2. The van der Waals surface area contributed by atoms with Crippen LogP contribution in [0.15, 0.2) is 97.2 Å². The quantitative estimate of drug-likeness (QED) is 0.377. The van der Waals surface area contributed by atoms with Crippen molar-refractivity contribution in [3.8, 4) is 11.3 Å². The molecule has 5 heteroatoms. The zero-order chi connectivity index (χ0) is 20.8. The number of hydrogen-bond acceptors (Lipinski definition) is 4. The van der Waals surface area contributed by atoms with Gasteiger partial charge in [-0.2, -0.15) is 5.10 Å². The molecule has 4 aromatic carbocycles. The molecule has 0 saturated heterocycles. The van der Waals surface area contributed by atoms with Crippen molar-refractivity contribution in [2.75, 3.05) is 0 Å². The zero-order valence-corrected chi connectivity index (χ0v) is 16.4. The fourth-order valence-electron chi connectivity index (χ4n) is 3.87. The molecule has 2 heterocycles. The van der Waals surface area contributed by atoms with Gasteiger partial charge >= 0.3 is 0 Å². The number of benzene rings is 4. The zero-order valence-electron chi connectivity index (χ0n) is 16.4. The summed E-state index contributed by atoms with van der Waals surface area (Å²) in [5.41, 5.74) is 3.21. The van der Waals surface area contributed by atoms with Crippen LogP contribution in [-0.2, 0) is 0 Å². The fourth-order valence-corrected chi connectivity index (χ4v) is 3.87. The molecule has 0 atom stereocenters. The van der Waals surface area contributed by atoms with E-state index >= 15 is 0 Å². The highest BCUT2D eigenvalue weighted by Crippen LogP contribution is 2.24. The van der Waals surface area contributed by atoms with Crippen LogP contribution in [0.2, 0.25) is 0 Å². The molecule has 0 aliphatic heterocycles. The molecule has 0 radical (unpaired) electrons. The maximum Gasteiger partial charge on any atom is 0.214 e. The first-order valence-electron chi connectivity index (χ1n) is 10.0. The average molecular weight is 400 g/mol. The van der Waals surface area contributed by atoms with Crippen molar-refractivity contribution < 1.29 is 4.79 Å². The smallest absolute Gasteiger partial charge is 0.214 e.